The molecule has 3 aromatic rings. The third-order valence-electron chi connectivity index (χ3n) is 4.53. The van der Waals surface area contributed by atoms with Gasteiger partial charge in [-0.1, -0.05) is 13.8 Å². The van der Waals surface area contributed by atoms with Crippen LogP contribution in [0.5, 0.6) is 0 Å². The van der Waals surface area contributed by atoms with Crippen LogP contribution in [0, 0.1) is 5.82 Å². The van der Waals surface area contributed by atoms with E-state index in [9.17, 15) is 14.3 Å². The predicted octanol–water partition coefficient (Wildman–Crippen LogP) is 4.26. The summed E-state index contributed by atoms with van der Waals surface area (Å²) in [5.74, 6) is -0.950. The lowest BCUT2D eigenvalue weighted by atomic mass is 10.0. The van der Waals surface area contributed by atoms with Crippen LogP contribution in [0.2, 0.25) is 0 Å². The summed E-state index contributed by atoms with van der Waals surface area (Å²) in [6, 6.07) is 7.65. The van der Waals surface area contributed by atoms with E-state index >= 15 is 0 Å². The number of carboxylic acid groups (broad SMARTS) is 1. The number of aromatic nitrogens is 3. The van der Waals surface area contributed by atoms with E-state index in [1.54, 1.807) is 22.9 Å². The number of rotatable bonds is 4. The summed E-state index contributed by atoms with van der Waals surface area (Å²) in [7, 11) is 0. The second-order valence-electron chi connectivity index (χ2n) is 6.80. The maximum atomic E-state index is 13.3. The summed E-state index contributed by atoms with van der Waals surface area (Å²) in [4.78, 5) is 16.6. The highest BCUT2D eigenvalue weighted by molar-refractivity contribution is 6.03. The lowest BCUT2D eigenvalue weighted by molar-refractivity contribution is 0.0698. The number of benzene rings is 1. The summed E-state index contributed by atoms with van der Waals surface area (Å²) in [5.41, 5.74) is 2.91. The van der Waals surface area contributed by atoms with Crippen molar-refractivity contribution in [1.29, 1.82) is 0 Å². The first-order valence-electron chi connectivity index (χ1n) is 8.38. The van der Waals surface area contributed by atoms with E-state index in [0.29, 0.717) is 28.3 Å². The molecule has 1 N–H and O–H groups in total. The van der Waals surface area contributed by atoms with E-state index in [0.717, 1.165) is 18.5 Å². The van der Waals surface area contributed by atoms with Crippen LogP contribution < -0.4 is 0 Å². The maximum absolute atomic E-state index is 13.3. The number of carbonyl (C=O) groups is 1. The molecule has 2 heterocycles. The smallest absolute Gasteiger partial charge is 0.336 e. The number of fused-ring (bicyclic) bond motifs is 1. The van der Waals surface area contributed by atoms with Crippen molar-refractivity contribution in [2.24, 2.45) is 0 Å². The van der Waals surface area contributed by atoms with Crippen LogP contribution in [0.15, 0.2) is 30.3 Å². The van der Waals surface area contributed by atoms with Gasteiger partial charge in [0.1, 0.15) is 5.82 Å². The topological polar surface area (TPSA) is 68.0 Å². The van der Waals surface area contributed by atoms with Gasteiger partial charge in [0.15, 0.2) is 5.65 Å². The number of aromatic carboxylic acids is 1. The molecule has 0 amide bonds. The average Bonchev–Trinajstić information content (AvgIpc) is 3.35. The Hall–Kier alpha value is -2.76. The molecule has 6 heteroatoms. The Morgan fingerprint density at radius 3 is 2.52 bits per heavy atom. The van der Waals surface area contributed by atoms with E-state index in [-0.39, 0.29) is 17.3 Å². The highest BCUT2D eigenvalue weighted by atomic mass is 19.1. The van der Waals surface area contributed by atoms with Crippen LogP contribution >= 0.6 is 0 Å². The van der Waals surface area contributed by atoms with Crippen molar-refractivity contribution < 1.29 is 14.3 Å². The summed E-state index contributed by atoms with van der Waals surface area (Å²) < 4.78 is 14.9. The quantitative estimate of drug-likeness (QED) is 0.771. The number of halogens is 1. The lowest BCUT2D eigenvalue weighted by Crippen LogP contribution is -2.04. The number of hydrogen-bond acceptors (Lipinski definition) is 3. The molecule has 1 aliphatic rings. The molecule has 25 heavy (non-hydrogen) atoms. The Balaban J connectivity index is 2.05. The highest BCUT2D eigenvalue weighted by Gasteiger charge is 2.29. The highest BCUT2D eigenvalue weighted by Crippen LogP contribution is 2.41. The molecule has 0 radical (unpaired) electrons. The minimum absolute atomic E-state index is 0.0378. The van der Waals surface area contributed by atoms with Crippen LogP contribution in [0.3, 0.4) is 0 Å². The summed E-state index contributed by atoms with van der Waals surface area (Å²) >= 11 is 0. The SMILES string of the molecule is CC(C)c1nn(-c2ccc(F)cc2)c2nc(C3CC3)cc(C(=O)O)c12. The zero-order chi connectivity index (χ0) is 17.7. The molecule has 5 nitrogen and oxygen atoms in total. The van der Waals surface area contributed by atoms with Gasteiger partial charge in [-0.05, 0) is 49.1 Å². The third-order valence-corrected chi connectivity index (χ3v) is 4.53. The molecule has 0 spiro atoms. The molecule has 0 bridgehead atoms. The third kappa shape index (κ3) is 2.67. The summed E-state index contributed by atoms with van der Waals surface area (Å²) in [5, 5.41) is 14.9. The molecular weight excluding hydrogens is 321 g/mol. The van der Waals surface area contributed by atoms with Crippen LogP contribution in [0.1, 0.15) is 60.3 Å². The second kappa shape index (κ2) is 5.65. The molecule has 1 aliphatic carbocycles. The number of pyridine rings is 1. The minimum atomic E-state index is -0.977. The molecule has 0 saturated heterocycles. The molecule has 2 aromatic heterocycles. The predicted molar refractivity (Wildman–Crippen MR) is 91.8 cm³/mol. The summed E-state index contributed by atoms with van der Waals surface area (Å²) in [6.07, 6.45) is 2.05. The van der Waals surface area contributed by atoms with E-state index in [1.807, 2.05) is 13.8 Å². The van der Waals surface area contributed by atoms with E-state index in [1.165, 1.54) is 12.1 Å². The molecule has 1 fully saturated rings. The average molecular weight is 339 g/mol. The molecule has 128 valence electrons. The summed E-state index contributed by atoms with van der Waals surface area (Å²) in [6.45, 7) is 3.94. The molecule has 0 unspecified atom stereocenters. The fourth-order valence-corrected chi connectivity index (χ4v) is 3.09. The number of carboxylic acids is 1. The Bertz CT molecular complexity index is 972. The van der Waals surface area contributed by atoms with Crippen molar-refractivity contribution in [2.45, 2.75) is 38.5 Å². The largest absolute Gasteiger partial charge is 0.478 e. The maximum Gasteiger partial charge on any atom is 0.336 e. The molecular formula is C19H18FN3O2. The lowest BCUT2D eigenvalue weighted by Gasteiger charge is -2.06. The Labute approximate surface area is 144 Å². The van der Waals surface area contributed by atoms with Crippen molar-refractivity contribution in [3.63, 3.8) is 0 Å². The standard InChI is InChI=1S/C19H18FN3O2/c1-10(2)17-16-14(19(24)25)9-15(11-3-4-11)21-18(16)23(22-17)13-7-5-12(20)6-8-13/h5-11H,3-4H2,1-2H3,(H,24,25). The van der Waals surface area contributed by atoms with Gasteiger partial charge in [0.2, 0.25) is 0 Å². The van der Waals surface area contributed by atoms with Crippen molar-refractivity contribution in [1.82, 2.24) is 14.8 Å². The van der Waals surface area contributed by atoms with Gasteiger partial charge in [-0.15, -0.1) is 0 Å². The van der Waals surface area contributed by atoms with Gasteiger partial charge in [-0.2, -0.15) is 5.10 Å². The zero-order valence-corrected chi connectivity index (χ0v) is 14.0. The first-order chi connectivity index (χ1) is 12.0. The van der Waals surface area contributed by atoms with Crippen molar-refractivity contribution in [3.05, 3.63) is 53.1 Å². The van der Waals surface area contributed by atoms with Crippen LogP contribution in [-0.2, 0) is 0 Å². The van der Waals surface area contributed by atoms with E-state index in [2.05, 4.69) is 5.10 Å². The van der Waals surface area contributed by atoms with Gasteiger partial charge in [0.05, 0.1) is 22.3 Å². The molecule has 1 aromatic carbocycles. The first-order valence-corrected chi connectivity index (χ1v) is 8.38. The van der Waals surface area contributed by atoms with Crippen LogP contribution in [-0.4, -0.2) is 25.8 Å². The number of nitrogens with zero attached hydrogens (tertiary/aromatic N) is 3. The van der Waals surface area contributed by atoms with E-state index < -0.39 is 5.97 Å². The van der Waals surface area contributed by atoms with Crippen LogP contribution in [0.4, 0.5) is 4.39 Å². The minimum Gasteiger partial charge on any atom is -0.478 e. The van der Waals surface area contributed by atoms with Gasteiger partial charge in [-0.3, -0.25) is 0 Å². The van der Waals surface area contributed by atoms with Crippen molar-refractivity contribution in [2.75, 3.05) is 0 Å². The fourth-order valence-electron chi connectivity index (χ4n) is 3.09. The zero-order valence-electron chi connectivity index (χ0n) is 14.0. The van der Waals surface area contributed by atoms with Gasteiger partial charge >= 0.3 is 5.97 Å². The van der Waals surface area contributed by atoms with Gasteiger partial charge in [-0.25, -0.2) is 18.9 Å². The molecule has 0 atom stereocenters. The van der Waals surface area contributed by atoms with Crippen molar-refractivity contribution >= 4 is 17.0 Å². The van der Waals surface area contributed by atoms with Crippen LogP contribution in [0.25, 0.3) is 16.7 Å². The molecule has 0 aliphatic heterocycles. The number of hydrogen-bond donors (Lipinski definition) is 1. The van der Waals surface area contributed by atoms with E-state index in [4.69, 9.17) is 4.98 Å². The monoisotopic (exact) mass is 339 g/mol. The Morgan fingerprint density at radius 2 is 1.96 bits per heavy atom. The first kappa shape index (κ1) is 15.7. The normalized spacial score (nSPS) is 14.4. The molecule has 4 rings (SSSR count). The Kier molecular flexibility index (Phi) is 3.56. The van der Waals surface area contributed by atoms with Gasteiger partial charge in [0, 0.05) is 11.6 Å². The Morgan fingerprint density at radius 1 is 1.28 bits per heavy atom. The van der Waals surface area contributed by atoms with Crippen molar-refractivity contribution in [3.8, 4) is 5.69 Å². The molecule has 1 saturated carbocycles. The van der Waals surface area contributed by atoms with Gasteiger partial charge in [0.25, 0.3) is 0 Å². The van der Waals surface area contributed by atoms with Gasteiger partial charge < -0.3 is 5.11 Å². The second-order valence-corrected chi connectivity index (χ2v) is 6.80. The fraction of sp³-hybridized carbons (Fsp3) is 0.316.